The third-order valence-electron chi connectivity index (χ3n) is 3.25. The van der Waals surface area contributed by atoms with Crippen LogP contribution in [0.1, 0.15) is 10.4 Å². The minimum atomic E-state index is 0.0716. The first-order valence-corrected chi connectivity index (χ1v) is 7.86. The van der Waals surface area contributed by atoms with E-state index in [2.05, 4.69) is 0 Å². The van der Waals surface area contributed by atoms with E-state index in [0.29, 0.717) is 5.56 Å². The average Bonchev–Trinajstić information content (AvgIpc) is 2.90. The van der Waals surface area contributed by atoms with Crippen molar-refractivity contribution in [1.29, 1.82) is 0 Å². The van der Waals surface area contributed by atoms with Crippen molar-refractivity contribution in [3.8, 4) is 11.3 Å². The van der Waals surface area contributed by atoms with E-state index in [-0.39, 0.29) is 12.3 Å². The summed E-state index contributed by atoms with van der Waals surface area (Å²) in [5.41, 5.74) is 2.78. The Morgan fingerprint density at radius 2 is 1.62 bits per heavy atom. The summed E-state index contributed by atoms with van der Waals surface area (Å²) in [6.45, 7) is 0.274. The van der Waals surface area contributed by atoms with Crippen LogP contribution in [0.3, 0.4) is 0 Å². The van der Waals surface area contributed by atoms with Crippen molar-refractivity contribution in [3.63, 3.8) is 0 Å². The molecule has 2 nitrogen and oxygen atoms in total. The molecule has 1 aromatic heterocycles. The number of ketones is 1. The van der Waals surface area contributed by atoms with Crippen LogP contribution in [0, 0.1) is 3.95 Å². The topological polar surface area (TPSA) is 22.0 Å². The van der Waals surface area contributed by atoms with Crippen molar-refractivity contribution in [3.05, 3.63) is 75.6 Å². The molecule has 104 valence electrons. The molecular weight excluding hydrogens is 298 g/mol. The van der Waals surface area contributed by atoms with E-state index >= 15 is 0 Å². The number of carbonyl (C=O) groups excluding carboxylic acids is 1. The number of aromatic nitrogens is 1. The lowest BCUT2D eigenvalue weighted by molar-refractivity contribution is 0.0972. The number of rotatable bonds is 4. The van der Waals surface area contributed by atoms with Gasteiger partial charge in [-0.3, -0.25) is 4.79 Å². The van der Waals surface area contributed by atoms with E-state index in [1.165, 1.54) is 11.3 Å². The highest BCUT2D eigenvalue weighted by atomic mass is 32.1. The molecule has 4 heteroatoms. The Bertz CT molecular complexity index is 804. The van der Waals surface area contributed by atoms with Gasteiger partial charge in [0, 0.05) is 10.9 Å². The van der Waals surface area contributed by atoms with Gasteiger partial charge in [0.15, 0.2) is 9.74 Å². The zero-order valence-electron chi connectivity index (χ0n) is 11.2. The number of nitrogens with zero attached hydrogens (tertiary/aromatic N) is 1. The summed E-state index contributed by atoms with van der Waals surface area (Å²) in [5, 5.41) is 2.01. The first-order chi connectivity index (χ1) is 10.3. The van der Waals surface area contributed by atoms with Gasteiger partial charge in [0.25, 0.3) is 0 Å². The maximum Gasteiger partial charge on any atom is 0.182 e. The zero-order chi connectivity index (χ0) is 14.7. The second-order valence-corrected chi connectivity index (χ2v) is 6.13. The second kappa shape index (κ2) is 6.16. The predicted octanol–water partition coefficient (Wildman–Crippen LogP) is 4.83. The van der Waals surface area contributed by atoms with Gasteiger partial charge in [0.05, 0.1) is 12.2 Å². The fourth-order valence-electron chi connectivity index (χ4n) is 2.17. The van der Waals surface area contributed by atoms with Gasteiger partial charge in [-0.15, -0.1) is 11.3 Å². The van der Waals surface area contributed by atoms with Gasteiger partial charge >= 0.3 is 0 Å². The normalized spacial score (nSPS) is 10.5. The summed E-state index contributed by atoms with van der Waals surface area (Å²) in [6.07, 6.45) is 0. The lowest BCUT2D eigenvalue weighted by atomic mass is 10.1. The van der Waals surface area contributed by atoms with Crippen molar-refractivity contribution in [2.45, 2.75) is 6.54 Å². The minimum absolute atomic E-state index is 0.0716. The van der Waals surface area contributed by atoms with Gasteiger partial charge in [-0.05, 0) is 17.8 Å². The summed E-state index contributed by atoms with van der Waals surface area (Å²) >= 11 is 6.86. The third kappa shape index (κ3) is 3.01. The number of benzene rings is 2. The first kappa shape index (κ1) is 13.9. The largest absolute Gasteiger partial charge is 0.315 e. The number of hydrogen-bond donors (Lipinski definition) is 0. The summed E-state index contributed by atoms with van der Waals surface area (Å²) in [5.74, 6) is 0.0716. The van der Waals surface area contributed by atoms with Gasteiger partial charge in [-0.2, -0.15) is 0 Å². The lowest BCUT2D eigenvalue weighted by Gasteiger charge is -2.08. The van der Waals surface area contributed by atoms with Crippen LogP contribution in [-0.2, 0) is 6.54 Å². The van der Waals surface area contributed by atoms with Crippen LogP contribution in [0.2, 0.25) is 0 Å². The van der Waals surface area contributed by atoms with Crippen LogP contribution < -0.4 is 0 Å². The van der Waals surface area contributed by atoms with Crippen molar-refractivity contribution in [1.82, 2.24) is 4.57 Å². The Morgan fingerprint density at radius 1 is 1.00 bits per heavy atom. The molecule has 0 aliphatic rings. The lowest BCUT2D eigenvalue weighted by Crippen LogP contribution is -2.11. The Kier molecular flexibility index (Phi) is 4.08. The standard InChI is InChI=1S/C17H13NOS2/c19-16(14-9-5-2-6-10-14)11-18-15(12-21-17(18)20)13-7-3-1-4-8-13/h1-10,12H,11H2. The Hall–Kier alpha value is -2.04. The quantitative estimate of drug-likeness (QED) is 0.508. The minimum Gasteiger partial charge on any atom is -0.315 e. The molecular formula is C17H13NOS2. The fourth-order valence-corrected chi connectivity index (χ4v) is 3.25. The van der Waals surface area contributed by atoms with E-state index in [1.807, 2.05) is 70.6 Å². The highest BCUT2D eigenvalue weighted by molar-refractivity contribution is 7.73. The molecule has 0 aliphatic heterocycles. The van der Waals surface area contributed by atoms with Crippen LogP contribution in [0.15, 0.2) is 66.0 Å². The molecule has 2 aromatic carbocycles. The smallest absolute Gasteiger partial charge is 0.182 e. The van der Waals surface area contributed by atoms with E-state index in [1.54, 1.807) is 0 Å². The summed E-state index contributed by atoms with van der Waals surface area (Å²) in [4.78, 5) is 12.4. The Morgan fingerprint density at radius 3 is 2.29 bits per heavy atom. The maximum atomic E-state index is 12.4. The molecule has 0 unspecified atom stereocenters. The maximum absolute atomic E-state index is 12.4. The van der Waals surface area contributed by atoms with Crippen LogP contribution in [0.4, 0.5) is 0 Å². The van der Waals surface area contributed by atoms with Crippen molar-refractivity contribution in [2.75, 3.05) is 0 Å². The van der Waals surface area contributed by atoms with Gasteiger partial charge in [-0.25, -0.2) is 0 Å². The second-order valence-electron chi connectivity index (χ2n) is 4.63. The average molecular weight is 311 g/mol. The van der Waals surface area contributed by atoms with Crippen molar-refractivity contribution in [2.24, 2.45) is 0 Å². The SMILES string of the molecule is O=C(Cn1c(-c2ccccc2)csc1=S)c1ccccc1. The zero-order valence-corrected chi connectivity index (χ0v) is 12.9. The number of thiazole rings is 1. The number of hydrogen-bond acceptors (Lipinski definition) is 3. The highest BCUT2D eigenvalue weighted by Gasteiger charge is 2.12. The van der Waals surface area contributed by atoms with Crippen LogP contribution >= 0.6 is 23.6 Å². The molecule has 3 aromatic rings. The highest BCUT2D eigenvalue weighted by Crippen LogP contribution is 2.24. The molecule has 0 radical (unpaired) electrons. The van der Waals surface area contributed by atoms with Crippen LogP contribution in [-0.4, -0.2) is 10.4 Å². The summed E-state index contributed by atoms with van der Waals surface area (Å²) in [6, 6.07) is 19.3. The molecule has 1 heterocycles. The van der Waals surface area contributed by atoms with Gasteiger partial charge in [0.2, 0.25) is 0 Å². The molecule has 0 N–H and O–H groups in total. The molecule has 0 bridgehead atoms. The number of Topliss-reactive ketones (excluding diaryl/α,β-unsaturated/α-hetero) is 1. The monoisotopic (exact) mass is 311 g/mol. The number of carbonyl (C=O) groups is 1. The van der Waals surface area contributed by atoms with Crippen LogP contribution in [0.25, 0.3) is 11.3 Å². The van der Waals surface area contributed by atoms with Gasteiger partial charge in [0.1, 0.15) is 0 Å². The predicted molar refractivity (Wildman–Crippen MR) is 89.4 cm³/mol. The van der Waals surface area contributed by atoms with E-state index in [4.69, 9.17) is 12.2 Å². The molecule has 0 atom stereocenters. The molecule has 0 amide bonds. The summed E-state index contributed by atoms with van der Waals surface area (Å²) in [7, 11) is 0. The van der Waals surface area contributed by atoms with E-state index < -0.39 is 0 Å². The van der Waals surface area contributed by atoms with Crippen molar-refractivity contribution >= 4 is 29.3 Å². The molecule has 0 fully saturated rings. The molecule has 21 heavy (non-hydrogen) atoms. The fraction of sp³-hybridized carbons (Fsp3) is 0.0588. The van der Waals surface area contributed by atoms with Gasteiger partial charge < -0.3 is 4.57 Å². The molecule has 3 rings (SSSR count). The van der Waals surface area contributed by atoms with E-state index in [9.17, 15) is 4.79 Å². The molecule has 0 saturated heterocycles. The molecule has 0 aliphatic carbocycles. The van der Waals surface area contributed by atoms with E-state index in [0.717, 1.165) is 15.2 Å². The van der Waals surface area contributed by atoms with Crippen molar-refractivity contribution < 1.29 is 4.79 Å². The van der Waals surface area contributed by atoms with Crippen LogP contribution in [0.5, 0.6) is 0 Å². The first-order valence-electron chi connectivity index (χ1n) is 6.58. The summed E-state index contributed by atoms with van der Waals surface area (Å²) < 4.78 is 2.63. The molecule has 0 saturated carbocycles. The third-order valence-corrected chi connectivity index (χ3v) is 4.52. The Balaban J connectivity index is 1.95. The Labute approximate surface area is 132 Å². The molecule has 0 spiro atoms. The van der Waals surface area contributed by atoms with Gasteiger partial charge in [-0.1, -0.05) is 60.7 Å².